The van der Waals surface area contributed by atoms with Crippen molar-refractivity contribution in [3.8, 4) is 5.75 Å². The van der Waals surface area contributed by atoms with E-state index in [1.165, 1.54) is 12.1 Å². The molecule has 0 aliphatic carbocycles. The monoisotopic (exact) mass is 135 g/mol. The van der Waals surface area contributed by atoms with Crippen LogP contribution in [0.25, 0.3) is 0 Å². The van der Waals surface area contributed by atoms with Crippen molar-refractivity contribution in [2.75, 3.05) is 0 Å². The van der Waals surface area contributed by atoms with E-state index >= 15 is 0 Å². The van der Waals surface area contributed by atoms with Crippen LogP contribution in [0.4, 0.5) is 0 Å². The predicted molar refractivity (Wildman–Crippen MR) is 38.0 cm³/mol. The van der Waals surface area contributed by atoms with Crippen molar-refractivity contribution in [1.29, 1.82) is 5.41 Å². The van der Waals surface area contributed by atoms with Crippen molar-refractivity contribution >= 4 is 5.84 Å². The Bertz CT molecular complexity index is 258. The minimum atomic E-state index is -0.133. The van der Waals surface area contributed by atoms with Gasteiger partial charge in [-0.15, -0.1) is 0 Å². The fourth-order valence-electron chi connectivity index (χ4n) is 0.649. The van der Waals surface area contributed by atoms with Crippen LogP contribution in [0.3, 0.4) is 0 Å². The van der Waals surface area contributed by atoms with Gasteiger partial charge >= 0.3 is 0 Å². The minimum absolute atomic E-state index is 0.00463. The molecule has 3 heteroatoms. The highest BCUT2D eigenvalue weighted by Crippen LogP contribution is 2.13. The maximum absolute atomic E-state index is 9.03. The van der Waals surface area contributed by atoms with E-state index in [1.54, 1.807) is 6.07 Å². The van der Waals surface area contributed by atoms with Gasteiger partial charge in [0.15, 0.2) is 0 Å². The summed E-state index contributed by atoms with van der Waals surface area (Å²) in [6, 6.07) is 7.16. The molecule has 0 aliphatic heterocycles. The van der Waals surface area contributed by atoms with Gasteiger partial charge in [-0.25, -0.2) is 0 Å². The summed E-state index contributed by atoms with van der Waals surface area (Å²) in [6.07, 6.45) is 0. The summed E-state index contributed by atoms with van der Waals surface area (Å²) in [6.45, 7) is 0. The molecule has 0 aliphatic rings. The molecule has 1 aromatic rings. The number of phenols is 1. The first-order valence-electron chi connectivity index (χ1n) is 2.75. The lowest BCUT2D eigenvalue weighted by atomic mass is 10.2. The topological polar surface area (TPSA) is 70.1 Å². The quantitative estimate of drug-likeness (QED) is 0.387. The van der Waals surface area contributed by atoms with Crippen LogP contribution in [0.15, 0.2) is 18.2 Å². The fraction of sp³-hybridized carbons (Fsp3) is 0. The first kappa shape index (κ1) is 6.61. The second-order valence-corrected chi connectivity index (χ2v) is 1.86. The molecule has 1 aromatic carbocycles. The highest BCUT2D eigenvalue weighted by atomic mass is 16.3. The molecule has 0 bridgehead atoms. The molecule has 0 unspecified atom stereocenters. The van der Waals surface area contributed by atoms with Crippen molar-refractivity contribution in [2.45, 2.75) is 0 Å². The van der Waals surface area contributed by atoms with E-state index < -0.39 is 0 Å². The predicted octanol–water partition coefficient (Wildman–Crippen LogP) is 0.476. The highest BCUT2D eigenvalue weighted by Gasteiger charge is 1.99. The van der Waals surface area contributed by atoms with Crippen LogP contribution in [0.5, 0.6) is 5.75 Å². The largest absolute Gasteiger partial charge is 0.507 e. The standard InChI is InChI=1S/C7H7N2O/c8-7(9)5-3-1-2-4-6(5)10/h1,3-4,10H,(H3,8,9). The smallest absolute Gasteiger partial charge is 0.127 e. The van der Waals surface area contributed by atoms with Gasteiger partial charge in [-0.3, -0.25) is 5.41 Å². The molecule has 0 spiro atoms. The van der Waals surface area contributed by atoms with Gasteiger partial charge in [0.2, 0.25) is 0 Å². The van der Waals surface area contributed by atoms with Crippen LogP contribution in [0.2, 0.25) is 0 Å². The van der Waals surface area contributed by atoms with E-state index in [2.05, 4.69) is 6.07 Å². The molecule has 0 heterocycles. The summed E-state index contributed by atoms with van der Waals surface area (Å²) in [7, 11) is 0. The number of phenolic OH excluding ortho intramolecular Hbond substituents is 1. The third kappa shape index (κ3) is 1.07. The highest BCUT2D eigenvalue weighted by molar-refractivity contribution is 5.97. The second-order valence-electron chi connectivity index (χ2n) is 1.86. The van der Waals surface area contributed by atoms with E-state index in [-0.39, 0.29) is 11.6 Å². The number of nitrogens with two attached hydrogens (primary N) is 1. The lowest BCUT2D eigenvalue weighted by Crippen LogP contribution is -2.10. The van der Waals surface area contributed by atoms with Gasteiger partial charge in [0, 0.05) is 0 Å². The van der Waals surface area contributed by atoms with Crippen molar-refractivity contribution in [1.82, 2.24) is 0 Å². The molecule has 1 rings (SSSR count). The second kappa shape index (κ2) is 2.39. The molecule has 0 atom stereocenters. The van der Waals surface area contributed by atoms with Gasteiger partial charge in [-0.05, 0) is 18.2 Å². The SMILES string of the molecule is N=C(N)c1cc[c]cc1O. The lowest BCUT2D eigenvalue weighted by molar-refractivity contribution is 0.474. The van der Waals surface area contributed by atoms with Crippen molar-refractivity contribution in [3.63, 3.8) is 0 Å². The van der Waals surface area contributed by atoms with Gasteiger partial charge in [0.1, 0.15) is 11.6 Å². The maximum Gasteiger partial charge on any atom is 0.127 e. The zero-order chi connectivity index (χ0) is 7.56. The third-order valence-electron chi connectivity index (χ3n) is 1.13. The normalized spacial score (nSPS) is 9.20. The van der Waals surface area contributed by atoms with Gasteiger partial charge in [-0.1, -0.05) is 6.07 Å². The number of aromatic hydroxyl groups is 1. The van der Waals surface area contributed by atoms with Crippen molar-refractivity contribution in [3.05, 3.63) is 29.8 Å². The average Bonchev–Trinajstić information content (AvgIpc) is 1.88. The Hall–Kier alpha value is -1.51. The molecular weight excluding hydrogens is 128 g/mol. The van der Waals surface area contributed by atoms with Crippen LogP contribution in [-0.4, -0.2) is 10.9 Å². The molecule has 51 valence electrons. The zero-order valence-corrected chi connectivity index (χ0v) is 5.26. The summed E-state index contributed by atoms with van der Waals surface area (Å²) in [5.74, 6) is -0.137. The number of hydrogen-bond acceptors (Lipinski definition) is 2. The summed E-state index contributed by atoms with van der Waals surface area (Å²) in [5.41, 5.74) is 5.47. The molecule has 0 saturated carbocycles. The van der Waals surface area contributed by atoms with Crippen molar-refractivity contribution < 1.29 is 5.11 Å². The molecule has 4 N–H and O–H groups in total. The lowest BCUT2D eigenvalue weighted by Gasteiger charge is -1.98. The third-order valence-corrected chi connectivity index (χ3v) is 1.13. The Morgan fingerprint density at radius 2 is 2.40 bits per heavy atom. The number of nitrogen functional groups attached to an aromatic ring is 1. The van der Waals surface area contributed by atoms with E-state index in [9.17, 15) is 0 Å². The van der Waals surface area contributed by atoms with Gasteiger partial charge < -0.3 is 10.8 Å². The van der Waals surface area contributed by atoms with E-state index in [0.29, 0.717) is 5.56 Å². The van der Waals surface area contributed by atoms with Gasteiger partial charge in [0.05, 0.1) is 5.56 Å². The van der Waals surface area contributed by atoms with E-state index in [0.717, 1.165) is 0 Å². The molecule has 0 fully saturated rings. The van der Waals surface area contributed by atoms with Gasteiger partial charge in [0.25, 0.3) is 0 Å². The summed E-state index contributed by atoms with van der Waals surface area (Å²) in [4.78, 5) is 0. The number of benzene rings is 1. The zero-order valence-electron chi connectivity index (χ0n) is 5.26. The Kier molecular flexibility index (Phi) is 1.58. The Balaban J connectivity index is 3.15. The molecule has 0 saturated heterocycles. The molecule has 0 amide bonds. The van der Waals surface area contributed by atoms with Crippen LogP contribution >= 0.6 is 0 Å². The number of nitrogens with one attached hydrogen (secondary N) is 1. The Morgan fingerprint density at radius 3 is 2.80 bits per heavy atom. The first-order chi connectivity index (χ1) is 4.72. The summed E-state index contributed by atoms with van der Waals surface area (Å²) < 4.78 is 0. The van der Waals surface area contributed by atoms with Crippen molar-refractivity contribution in [2.24, 2.45) is 5.73 Å². The Labute approximate surface area is 58.6 Å². The van der Waals surface area contributed by atoms with E-state index in [4.69, 9.17) is 16.2 Å². The molecule has 10 heavy (non-hydrogen) atoms. The number of rotatable bonds is 1. The van der Waals surface area contributed by atoms with E-state index in [1.807, 2.05) is 0 Å². The summed E-state index contributed by atoms with van der Waals surface area (Å²) in [5, 5.41) is 16.0. The average molecular weight is 135 g/mol. The number of amidine groups is 1. The summed E-state index contributed by atoms with van der Waals surface area (Å²) >= 11 is 0. The van der Waals surface area contributed by atoms with Crippen LogP contribution in [0.1, 0.15) is 5.56 Å². The molecule has 3 nitrogen and oxygen atoms in total. The van der Waals surface area contributed by atoms with Crippen LogP contribution < -0.4 is 5.73 Å². The van der Waals surface area contributed by atoms with Crippen LogP contribution in [0, 0.1) is 11.5 Å². The maximum atomic E-state index is 9.03. The number of hydrogen-bond donors (Lipinski definition) is 3. The van der Waals surface area contributed by atoms with Gasteiger partial charge in [-0.2, -0.15) is 0 Å². The van der Waals surface area contributed by atoms with Crippen LogP contribution in [-0.2, 0) is 0 Å². The molecule has 1 radical (unpaired) electrons. The Morgan fingerprint density at radius 1 is 1.70 bits per heavy atom. The molecular formula is C7H7N2O. The minimum Gasteiger partial charge on any atom is -0.507 e. The fourth-order valence-corrected chi connectivity index (χ4v) is 0.649. The molecule has 0 aromatic heterocycles. The first-order valence-corrected chi connectivity index (χ1v) is 2.75.